The predicted octanol–water partition coefficient (Wildman–Crippen LogP) is 0.837. The standard InChI is InChI=1S/C9H9F2N3O/c10-8(11)7-6(3-13)5(1-2-12)4-14-9(7)15/h4,8H,1,3,13H2,(H,14,15). The Labute approximate surface area is 84.3 Å². The van der Waals surface area contributed by atoms with Crippen molar-refractivity contribution >= 4 is 0 Å². The molecule has 0 saturated heterocycles. The van der Waals surface area contributed by atoms with Crippen molar-refractivity contribution in [3.05, 3.63) is 33.2 Å². The number of nitriles is 1. The fourth-order valence-electron chi connectivity index (χ4n) is 1.34. The lowest BCUT2D eigenvalue weighted by molar-refractivity contribution is 0.148. The van der Waals surface area contributed by atoms with Crippen molar-refractivity contribution in [2.45, 2.75) is 19.4 Å². The molecule has 0 aliphatic heterocycles. The van der Waals surface area contributed by atoms with Gasteiger partial charge in [-0.05, 0) is 11.1 Å². The Kier molecular flexibility index (Phi) is 3.52. The molecule has 1 heterocycles. The summed E-state index contributed by atoms with van der Waals surface area (Å²) in [5.41, 5.74) is 4.21. The van der Waals surface area contributed by atoms with Gasteiger partial charge in [0.1, 0.15) is 0 Å². The quantitative estimate of drug-likeness (QED) is 0.780. The molecule has 0 unspecified atom stereocenters. The minimum Gasteiger partial charge on any atom is -0.328 e. The maximum atomic E-state index is 12.5. The summed E-state index contributed by atoms with van der Waals surface area (Å²) in [5, 5.41) is 8.47. The van der Waals surface area contributed by atoms with Gasteiger partial charge in [-0.25, -0.2) is 8.78 Å². The van der Waals surface area contributed by atoms with Crippen LogP contribution in [0.3, 0.4) is 0 Å². The van der Waals surface area contributed by atoms with Crippen LogP contribution in [-0.4, -0.2) is 4.98 Å². The van der Waals surface area contributed by atoms with Crippen molar-refractivity contribution in [3.8, 4) is 6.07 Å². The molecule has 6 heteroatoms. The Hall–Kier alpha value is -1.74. The second-order valence-corrected chi connectivity index (χ2v) is 2.87. The van der Waals surface area contributed by atoms with E-state index in [9.17, 15) is 13.6 Å². The van der Waals surface area contributed by atoms with E-state index >= 15 is 0 Å². The highest BCUT2D eigenvalue weighted by Crippen LogP contribution is 2.21. The number of nitrogens with two attached hydrogens (primary N) is 1. The number of pyridine rings is 1. The number of rotatable bonds is 3. The summed E-state index contributed by atoms with van der Waals surface area (Å²) in [4.78, 5) is 13.3. The highest BCUT2D eigenvalue weighted by molar-refractivity contribution is 5.34. The van der Waals surface area contributed by atoms with Gasteiger partial charge in [0, 0.05) is 12.7 Å². The molecular formula is C9H9F2N3O. The maximum Gasteiger partial charge on any atom is 0.269 e. The zero-order valence-electron chi connectivity index (χ0n) is 7.76. The second-order valence-electron chi connectivity index (χ2n) is 2.87. The van der Waals surface area contributed by atoms with Crippen LogP contribution in [0.25, 0.3) is 0 Å². The first-order valence-electron chi connectivity index (χ1n) is 4.20. The minimum atomic E-state index is -2.88. The topological polar surface area (TPSA) is 82.7 Å². The minimum absolute atomic E-state index is 0.0525. The van der Waals surface area contributed by atoms with E-state index in [4.69, 9.17) is 11.0 Å². The Morgan fingerprint density at radius 1 is 1.60 bits per heavy atom. The summed E-state index contributed by atoms with van der Waals surface area (Å²) in [6.07, 6.45) is -1.69. The summed E-state index contributed by atoms with van der Waals surface area (Å²) in [6, 6.07) is 1.82. The molecule has 0 radical (unpaired) electrons. The van der Waals surface area contributed by atoms with E-state index < -0.39 is 17.5 Å². The van der Waals surface area contributed by atoms with E-state index in [-0.39, 0.29) is 18.5 Å². The van der Waals surface area contributed by atoms with Crippen LogP contribution >= 0.6 is 0 Å². The second kappa shape index (κ2) is 4.66. The Balaban J connectivity index is 3.41. The number of nitrogens with zero attached hydrogens (tertiary/aromatic N) is 1. The Morgan fingerprint density at radius 2 is 2.27 bits per heavy atom. The van der Waals surface area contributed by atoms with Gasteiger partial charge in [0.15, 0.2) is 0 Å². The van der Waals surface area contributed by atoms with Crippen LogP contribution in [0.15, 0.2) is 11.0 Å². The maximum absolute atomic E-state index is 12.5. The predicted molar refractivity (Wildman–Crippen MR) is 49.2 cm³/mol. The highest BCUT2D eigenvalue weighted by Gasteiger charge is 2.19. The molecule has 80 valence electrons. The summed E-state index contributed by atoms with van der Waals surface area (Å²) < 4.78 is 25.1. The summed E-state index contributed by atoms with van der Waals surface area (Å²) in [5.74, 6) is 0. The number of H-pyrrole nitrogens is 1. The zero-order chi connectivity index (χ0) is 11.4. The van der Waals surface area contributed by atoms with Crippen LogP contribution in [0, 0.1) is 11.3 Å². The van der Waals surface area contributed by atoms with Crippen molar-refractivity contribution in [3.63, 3.8) is 0 Å². The fourth-order valence-corrected chi connectivity index (χ4v) is 1.34. The lowest BCUT2D eigenvalue weighted by atomic mass is 10.0. The van der Waals surface area contributed by atoms with Crippen LogP contribution < -0.4 is 11.3 Å². The summed E-state index contributed by atoms with van der Waals surface area (Å²) in [7, 11) is 0. The molecule has 0 saturated carbocycles. The molecule has 1 rings (SSSR count). The Bertz CT molecular complexity index is 448. The molecule has 3 N–H and O–H groups in total. The molecule has 0 fully saturated rings. The van der Waals surface area contributed by atoms with E-state index in [1.54, 1.807) is 0 Å². The number of hydrogen-bond acceptors (Lipinski definition) is 3. The molecule has 0 aliphatic rings. The molecule has 1 aromatic heterocycles. The number of aromatic amines is 1. The largest absolute Gasteiger partial charge is 0.328 e. The molecule has 4 nitrogen and oxygen atoms in total. The number of halogens is 2. The molecule has 15 heavy (non-hydrogen) atoms. The van der Waals surface area contributed by atoms with Crippen LogP contribution in [0.4, 0.5) is 8.78 Å². The first-order chi connectivity index (χ1) is 7.11. The number of aromatic nitrogens is 1. The molecule has 0 amide bonds. The molecule has 0 aliphatic carbocycles. The average Bonchev–Trinajstić information content (AvgIpc) is 2.19. The van der Waals surface area contributed by atoms with Gasteiger partial charge in [-0.1, -0.05) is 0 Å². The molecule has 0 bridgehead atoms. The van der Waals surface area contributed by atoms with E-state index in [0.717, 1.165) is 0 Å². The normalized spacial score (nSPS) is 10.3. The average molecular weight is 213 g/mol. The smallest absolute Gasteiger partial charge is 0.269 e. The molecule has 0 aromatic carbocycles. The van der Waals surface area contributed by atoms with Crippen molar-refractivity contribution < 1.29 is 8.78 Å². The van der Waals surface area contributed by atoms with Crippen LogP contribution in [0.5, 0.6) is 0 Å². The van der Waals surface area contributed by atoms with Crippen molar-refractivity contribution in [2.75, 3.05) is 0 Å². The third-order valence-corrected chi connectivity index (χ3v) is 2.03. The lowest BCUT2D eigenvalue weighted by Crippen LogP contribution is -2.19. The first-order valence-corrected chi connectivity index (χ1v) is 4.20. The van der Waals surface area contributed by atoms with Crippen molar-refractivity contribution in [1.82, 2.24) is 4.98 Å². The molecule has 0 spiro atoms. The van der Waals surface area contributed by atoms with Gasteiger partial charge in [-0.2, -0.15) is 5.26 Å². The first kappa shape index (κ1) is 11.3. The molecule has 0 atom stereocenters. The Morgan fingerprint density at radius 3 is 2.73 bits per heavy atom. The monoisotopic (exact) mass is 213 g/mol. The lowest BCUT2D eigenvalue weighted by Gasteiger charge is -2.09. The SMILES string of the molecule is N#CCc1c[nH]c(=O)c(C(F)F)c1CN. The molecular weight excluding hydrogens is 204 g/mol. The van der Waals surface area contributed by atoms with Crippen LogP contribution in [-0.2, 0) is 13.0 Å². The van der Waals surface area contributed by atoms with Crippen LogP contribution in [0.2, 0.25) is 0 Å². The number of nitrogens with one attached hydrogen (secondary N) is 1. The van der Waals surface area contributed by atoms with Gasteiger partial charge in [0.2, 0.25) is 0 Å². The van der Waals surface area contributed by atoms with Crippen molar-refractivity contribution in [1.29, 1.82) is 5.26 Å². The van der Waals surface area contributed by atoms with Gasteiger partial charge in [-0.15, -0.1) is 0 Å². The zero-order valence-corrected chi connectivity index (χ0v) is 7.76. The third kappa shape index (κ3) is 2.19. The third-order valence-electron chi connectivity index (χ3n) is 2.03. The summed E-state index contributed by atoms with van der Waals surface area (Å²) >= 11 is 0. The van der Waals surface area contributed by atoms with Gasteiger partial charge < -0.3 is 10.7 Å². The fraction of sp³-hybridized carbons (Fsp3) is 0.333. The van der Waals surface area contributed by atoms with E-state index in [1.165, 1.54) is 6.20 Å². The molecule has 1 aromatic rings. The van der Waals surface area contributed by atoms with Gasteiger partial charge in [0.05, 0.1) is 18.1 Å². The number of hydrogen-bond donors (Lipinski definition) is 2. The van der Waals surface area contributed by atoms with Gasteiger partial charge in [-0.3, -0.25) is 4.79 Å². The highest BCUT2D eigenvalue weighted by atomic mass is 19.3. The summed E-state index contributed by atoms with van der Waals surface area (Å²) in [6.45, 7) is -0.180. The van der Waals surface area contributed by atoms with Crippen LogP contribution in [0.1, 0.15) is 23.1 Å². The van der Waals surface area contributed by atoms with E-state index in [2.05, 4.69) is 4.98 Å². The van der Waals surface area contributed by atoms with Gasteiger partial charge >= 0.3 is 0 Å². The van der Waals surface area contributed by atoms with Crippen molar-refractivity contribution in [2.24, 2.45) is 5.73 Å². The van der Waals surface area contributed by atoms with E-state index in [0.29, 0.717) is 5.56 Å². The van der Waals surface area contributed by atoms with E-state index in [1.807, 2.05) is 6.07 Å². The van der Waals surface area contributed by atoms with Gasteiger partial charge in [0.25, 0.3) is 12.0 Å². The number of alkyl halides is 2.